The van der Waals surface area contributed by atoms with Gasteiger partial charge < -0.3 is 0 Å². The van der Waals surface area contributed by atoms with E-state index >= 15 is 0 Å². The van der Waals surface area contributed by atoms with Crippen LogP contribution in [0.5, 0.6) is 0 Å². The molecule has 0 bridgehead atoms. The van der Waals surface area contributed by atoms with E-state index in [2.05, 4.69) is 74.6 Å². The van der Waals surface area contributed by atoms with Crippen molar-refractivity contribution in [2.75, 3.05) is 0 Å². The van der Waals surface area contributed by atoms with Crippen molar-refractivity contribution in [2.24, 2.45) is 0 Å². The molecule has 0 N–H and O–H groups in total. The number of hydrogen-bond donors (Lipinski definition) is 0. The van der Waals surface area contributed by atoms with E-state index in [-0.39, 0.29) is 24.8 Å². The van der Waals surface area contributed by atoms with Gasteiger partial charge in [0.1, 0.15) is 0 Å². The van der Waals surface area contributed by atoms with Gasteiger partial charge >= 0.3 is 135 Å². The quantitative estimate of drug-likeness (QED) is 0.433. The predicted molar refractivity (Wildman–Crippen MR) is 108 cm³/mol. The van der Waals surface area contributed by atoms with Gasteiger partial charge in [0.15, 0.2) is 0 Å². The summed E-state index contributed by atoms with van der Waals surface area (Å²) in [5.41, 5.74) is 6.03. The van der Waals surface area contributed by atoms with Gasteiger partial charge in [-0.25, -0.2) is 0 Å². The Morgan fingerprint density at radius 1 is 0.833 bits per heavy atom. The molecule has 0 aromatic heterocycles. The fourth-order valence-electron chi connectivity index (χ4n) is 4.25. The molecule has 2 aromatic rings. The van der Waals surface area contributed by atoms with Crippen LogP contribution >= 0.6 is 24.8 Å². The van der Waals surface area contributed by atoms with Gasteiger partial charge in [-0.1, -0.05) is 0 Å². The van der Waals surface area contributed by atoms with E-state index in [1.54, 1.807) is 12.1 Å². The number of allylic oxidation sites excluding steroid dienone is 4. The fourth-order valence-corrected chi connectivity index (χ4v) is 13.6. The topological polar surface area (TPSA) is 0 Å². The molecule has 0 unspecified atom stereocenters. The molecule has 4 rings (SSSR count). The monoisotopic (exact) mass is 437 g/mol. The molecule has 0 amide bonds. The summed E-state index contributed by atoms with van der Waals surface area (Å²) in [6.07, 6.45) is 9.23. The molecule has 127 valence electrons. The number of halogens is 2. The summed E-state index contributed by atoms with van der Waals surface area (Å²) in [5.74, 6) is 0. The van der Waals surface area contributed by atoms with E-state index in [4.69, 9.17) is 0 Å². The van der Waals surface area contributed by atoms with Crippen molar-refractivity contribution < 1.29 is 18.8 Å². The molecule has 0 fully saturated rings. The van der Waals surface area contributed by atoms with E-state index in [0.717, 1.165) is 12.8 Å². The molecular weight excluding hydrogens is 414 g/mol. The van der Waals surface area contributed by atoms with Gasteiger partial charge in [-0.15, -0.1) is 24.8 Å². The van der Waals surface area contributed by atoms with Crippen LogP contribution in [0.2, 0.25) is 13.9 Å². The summed E-state index contributed by atoms with van der Waals surface area (Å²) in [5, 5.41) is 0. The van der Waals surface area contributed by atoms with Crippen molar-refractivity contribution >= 4 is 28.1 Å². The van der Waals surface area contributed by atoms with Crippen LogP contribution in [0.3, 0.4) is 0 Å². The Morgan fingerprint density at radius 2 is 1.54 bits per heavy atom. The van der Waals surface area contributed by atoms with Crippen molar-refractivity contribution in [1.82, 2.24) is 0 Å². The van der Waals surface area contributed by atoms with Crippen molar-refractivity contribution in [3.63, 3.8) is 0 Å². The summed E-state index contributed by atoms with van der Waals surface area (Å²) in [4.78, 5) is 0. The van der Waals surface area contributed by atoms with Gasteiger partial charge in [-0.05, 0) is 0 Å². The van der Waals surface area contributed by atoms with E-state index in [0.29, 0.717) is 0 Å². The molecule has 0 aliphatic heterocycles. The number of rotatable bonds is 2. The van der Waals surface area contributed by atoms with Crippen molar-refractivity contribution in [3.05, 3.63) is 75.1 Å². The minimum absolute atomic E-state index is 0. The van der Waals surface area contributed by atoms with Gasteiger partial charge in [0, 0.05) is 0 Å². The van der Waals surface area contributed by atoms with Crippen LogP contribution in [0, 0.1) is 0 Å². The SMILES string of the molecule is Cl.Cl.[CH3][Zr]([CH3])([CH3])([C]1=CC=CC1)[c]1cccc2c1Cc1ccccc1-2. The van der Waals surface area contributed by atoms with Gasteiger partial charge in [-0.2, -0.15) is 0 Å². The maximum atomic E-state index is 2.60. The van der Waals surface area contributed by atoms with Crippen molar-refractivity contribution in [1.29, 1.82) is 0 Å². The molecule has 0 nitrogen and oxygen atoms in total. The first-order chi connectivity index (χ1) is 10.5. The third-order valence-electron chi connectivity index (χ3n) is 5.69. The van der Waals surface area contributed by atoms with Crippen LogP contribution < -0.4 is 3.27 Å². The molecule has 2 aliphatic rings. The maximum absolute atomic E-state index is 3.05. The Hall–Kier alpha value is -0.617. The first-order valence-electron chi connectivity index (χ1n) is 8.25. The van der Waals surface area contributed by atoms with Crippen LogP contribution in [-0.4, -0.2) is 0 Å². The number of benzene rings is 2. The first-order valence-corrected chi connectivity index (χ1v) is 18.1. The Balaban J connectivity index is 0.00000104. The Kier molecular flexibility index (Phi) is 5.42. The van der Waals surface area contributed by atoms with Gasteiger partial charge in [0.2, 0.25) is 0 Å². The second kappa shape index (κ2) is 6.60. The van der Waals surface area contributed by atoms with Crippen molar-refractivity contribution in [2.45, 2.75) is 26.7 Å². The summed E-state index contributed by atoms with van der Waals surface area (Å²) < 4.78 is 11.2. The molecule has 0 heterocycles. The summed E-state index contributed by atoms with van der Waals surface area (Å²) >= 11 is -3.05. The molecule has 24 heavy (non-hydrogen) atoms. The molecule has 0 spiro atoms. The van der Waals surface area contributed by atoms with Crippen LogP contribution in [0.1, 0.15) is 17.5 Å². The molecule has 0 radical (unpaired) electrons. The zero-order valence-electron chi connectivity index (χ0n) is 14.5. The van der Waals surface area contributed by atoms with Gasteiger partial charge in [0.05, 0.1) is 0 Å². The van der Waals surface area contributed by atoms with Gasteiger partial charge in [-0.3, -0.25) is 0 Å². The zero-order chi connectivity index (χ0) is 15.4. The molecule has 2 aliphatic carbocycles. The van der Waals surface area contributed by atoms with Crippen molar-refractivity contribution in [3.8, 4) is 11.1 Å². The van der Waals surface area contributed by atoms with Crippen LogP contribution in [0.4, 0.5) is 0 Å². The number of hydrogen-bond acceptors (Lipinski definition) is 0. The Morgan fingerprint density at radius 3 is 2.25 bits per heavy atom. The first kappa shape index (κ1) is 19.7. The Bertz CT molecular complexity index is 838. The summed E-state index contributed by atoms with van der Waals surface area (Å²) in [6.45, 7) is 0. The van der Waals surface area contributed by atoms with E-state index < -0.39 is 18.8 Å². The summed E-state index contributed by atoms with van der Waals surface area (Å²) in [7, 11) is 0. The molecule has 0 saturated heterocycles. The predicted octanol–water partition coefficient (Wildman–Crippen LogP) is 6.40. The average Bonchev–Trinajstić information content (AvgIpc) is 3.14. The van der Waals surface area contributed by atoms with E-state index in [1.807, 2.05) is 0 Å². The second-order valence-corrected chi connectivity index (χ2v) is 26.4. The zero-order valence-corrected chi connectivity index (χ0v) is 18.6. The molecule has 0 atom stereocenters. The number of fused-ring (bicyclic) bond motifs is 3. The van der Waals surface area contributed by atoms with Crippen LogP contribution in [-0.2, 0) is 25.2 Å². The van der Waals surface area contributed by atoms with E-state index in [1.165, 1.54) is 16.7 Å². The van der Waals surface area contributed by atoms with Gasteiger partial charge in [0.25, 0.3) is 0 Å². The average molecular weight is 440 g/mol. The van der Waals surface area contributed by atoms with Crippen LogP contribution in [0.25, 0.3) is 11.1 Å². The summed E-state index contributed by atoms with van der Waals surface area (Å²) in [6, 6.07) is 15.9. The minimum atomic E-state index is -3.05. The Labute approximate surface area is 159 Å². The normalized spacial score (nSPS) is 16.1. The standard InChI is InChI=1S/C13H9.C5H5.3CH3.2ClH.Zr/c1-3-7-12-10(5-1)9-11-6-2-4-8-13(11)12;1-2-4-5-3-1;;;;;;/h1-5,7-8H,9H2;1-3H,4H2;3*1H3;2*1H;. The fraction of sp³-hybridized carbons (Fsp3) is 0.238. The molecule has 3 heteroatoms. The second-order valence-electron chi connectivity index (χ2n) is 8.11. The molecular formula is C21H25Cl2Zr. The molecule has 2 aromatic carbocycles. The third-order valence-corrected chi connectivity index (χ3v) is 17.9. The third kappa shape index (κ3) is 2.90. The van der Waals surface area contributed by atoms with Crippen LogP contribution in [0.15, 0.2) is 64.0 Å². The van der Waals surface area contributed by atoms with E-state index in [9.17, 15) is 0 Å². The molecule has 0 saturated carbocycles.